The van der Waals surface area contributed by atoms with Crippen LogP contribution in [0.25, 0.3) is 11.1 Å². The van der Waals surface area contributed by atoms with Crippen LogP contribution in [0.2, 0.25) is 0 Å². The van der Waals surface area contributed by atoms with E-state index in [0.29, 0.717) is 12.2 Å². The summed E-state index contributed by atoms with van der Waals surface area (Å²) in [4.78, 5) is 102. The van der Waals surface area contributed by atoms with Crippen LogP contribution < -0.4 is 42.4 Å². The van der Waals surface area contributed by atoms with Crippen molar-refractivity contribution in [2.45, 2.75) is 146 Å². The first-order valence-corrected chi connectivity index (χ1v) is 27.2. The van der Waals surface area contributed by atoms with Gasteiger partial charge in [0.25, 0.3) is 5.91 Å². The van der Waals surface area contributed by atoms with Crippen molar-refractivity contribution in [3.63, 3.8) is 0 Å². The Hall–Kier alpha value is -6.69. The molecule has 3 fully saturated rings. The number of hydrogen-bond acceptors (Lipinski definition) is 15. The lowest BCUT2D eigenvalue weighted by atomic mass is 10.00. The van der Waals surface area contributed by atoms with Crippen LogP contribution in [0.5, 0.6) is 11.5 Å². The number of ether oxygens (including phenoxy) is 1. The number of unbranched alkanes of at least 4 members (excludes halogenated alkanes) is 5. The van der Waals surface area contributed by atoms with Gasteiger partial charge in [0.05, 0.1) is 31.5 Å². The van der Waals surface area contributed by atoms with E-state index in [9.17, 15) is 59.1 Å². The van der Waals surface area contributed by atoms with E-state index in [-0.39, 0.29) is 69.1 Å². The van der Waals surface area contributed by atoms with Gasteiger partial charge in [-0.1, -0.05) is 82.3 Å². The zero-order valence-electron chi connectivity index (χ0n) is 44.8. The molecule has 78 heavy (non-hydrogen) atoms. The third-order valence-electron chi connectivity index (χ3n) is 14.5. The molecule has 22 nitrogen and oxygen atoms in total. The maximum absolute atomic E-state index is 14.6. The van der Waals surface area contributed by atoms with Crippen molar-refractivity contribution in [3.8, 4) is 22.6 Å². The number of hydrogen-bond donors (Lipinski definition) is 12. The molecular weight excluding hydrogens is 1010 g/mol. The van der Waals surface area contributed by atoms with Crippen molar-refractivity contribution in [2.24, 2.45) is 11.7 Å². The molecular formula is C56H79N9O13. The molecule has 3 aromatic rings. The van der Waals surface area contributed by atoms with Crippen LogP contribution in [-0.4, -0.2) is 183 Å². The van der Waals surface area contributed by atoms with Gasteiger partial charge in [-0.2, -0.15) is 0 Å². The summed E-state index contributed by atoms with van der Waals surface area (Å²) in [6.07, 6.45) is 1.65. The number of aliphatic hydroxyl groups is 4. The highest BCUT2D eigenvalue weighted by Crippen LogP contribution is 2.27. The van der Waals surface area contributed by atoms with Gasteiger partial charge in [0.2, 0.25) is 35.4 Å². The van der Waals surface area contributed by atoms with Crippen molar-refractivity contribution < 1.29 is 63.8 Å². The second-order valence-corrected chi connectivity index (χ2v) is 20.8. The number of phenolic OH excluding ortho intramolecular Hbond substituents is 1. The molecule has 0 aromatic heterocycles. The van der Waals surface area contributed by atoms with Gasteiger partial charge in [0.1, 0.15) is 47.8 Å². The molecule has 22 heteroatoms. The van der Waals surface area contributed by atoms with Crippen LogP contribution in [0.1, 0.15) is 94.5 Å². The third-order valence-corrected chi connectivity index (χ3v) is 14.5. The second kappa shape index (κ2) is 29.3. The fourth-order valence-corrected chi connectivity index (χ4v) is 10.1. The Bertz CT molecular complexity index is 2480. The maximum atomic E-state index is 14.6. The number of aliphatic hydroxyl groups excluding tert-OH is 4. The smallest absolute Gasteiger partial charge is 0.251 e. The van der Waals surface area contributed by atoms with Crippen molar-refractivity contribution in [2.75, 3.05) is 45.9 Å². The van der Waals surface area contributed by atoms with Crippen LogP contribution >= 0.6 is 0 Å². The average molecular weight is 1090 g/mol. The van der Waals surface area contributed by atoms with E-state index in [1.165, 1.54) is 61.8 Å². The lowest BCUT2D eigenvalue weighted by molar-refractivity contribution is -0.145. The average Bonchev–Trinajstić information content (AvgIpc) is 4.04. The van der Waals surface area contributed by atoms with Gasteiger partial charge in [0, 0.05) is 57.2 Å². The van der Waals surface area contributed by atoms with Crippen molar-refractivity contribution in [3.05, 3.63) is 83.9 Å². The van der Waals surface area contributed by atoms with Gasteiger partial charge >= 0.3 is 0 Å². The molecule has 13 N–H and O–H groups in total. The monoisotopic (exact) mass is 1090 g/mol. The molecule has 0 saturated carbocycles. The lowest BCUT2D eigenvalue weighted by Gasteiger charge is -2.32. The molecule has 7 amide bonds. The Morgan fingerprint density at radius 3 is 2.04 bits per heavy atom. The fraction of sp³-hybridized carbons (Fsp3) is 0.554. The van der Waals surface area contributed by atoms with Crippen LogP contribution in [0.3, 0.4) is 0 Å². The summed E-state index contributed by atoms with van der Waals surface area (Å²) in [5.74, 6) is -5.72. The van der Waals surface area contributed by atoms with E-state index in [0.717, 1.165) is 34.6 Å². The van der Waals surface area contributed by atoms with Crippen LogP contribution in [0.15, 0.2) is 72.8 Å². The third kappa shape index (κ3) is 16.7. The molecule has 426 valence electrons. The van der Waals surface area contributed by atoms with Crippen LogP contribution in [-0.2, 0) is 35.2 Å². The largest absolute Gasteiger partial charge is 0.508 e. The minimum Gasteiger partial charge on any atom is -0.508 e. The highest BCUT2D eigenvalue weighted by atomic mass is 16.5. The number of carbonyl (C=O) groups excluding carboxylic acids is 7. The summed E-state index contributed by atoms with van der Waals surface area (Å²) in [5.41, 5.74) is 8.17. The summed E-state index contributed by atoms with van der Waals surface area (Å²) in [7, 11) is 0. The molecule has 6 rings (SSSR count). The Balaban J connectivity index is 1.29. The first-order chi connectivity index (χ1) is 37.4. The summed E-state index contributed by atoms with van der Waals surface area (Å²) >= 11 is 0. The number of phenols is 1. The van der Waals surface area contributed by atoms with Gasteiger partial charge < -0.3 is 77.7 Å². The first-order valence-electron chi connectivity index (χ1n) is 27.2. The zero-order chi connectivity index (χ0) is 56.5. The number of nitrogens with two attached hydrogens (primary N) is 1. The summed E-state index contributed by atoms with van der Waals surface area (Å²) in [5, 5.41) is 70.4. The Morgan fingerprint density at radius 2 is 1.38 bits per heavy atom. The number of fused-ring (bicyclic) bond motifs is 2. The topological polar surface area (TPSA) is 335 Å². The Labute approximate surface area is 455 Å². The Morgan fingerprint density at radius 1 is 0.756 bits per heavy atom. The number of benzene rings is 3. The normalized spacial score (nSPS) is 25.6. The first kappa shape index (κ1) is 60.5. The maximum Gasteiger partial charge on any atom is 0.251 e. The van der Waals surface area contributed by atoms with E-state index in [1.54, 1.807) is 24.3 Å². The minimum atomic E-state index is -1.86. The van der Waals surface area contributed by atoms with Crippen molar-refractivity contribution >= 4 is 41.4 Å². The highest BCUT2D eigenvalue weighted by molar-refractivity contribution is 6.00. The molecule has 0 aliphatic carbocycles. The molecule has 3 heterocycles. The van der Waals surface area contributed by atoms with Gasteiger partial charge in [-0.05, 0) is 85.2 Å². The quantitative estimate of drug-likeness (QED) is 0.0702. The van der Waals surface area contributed by atoms with Crippen molar-refractivity contribution in [1.29, 1.82) is 0 Å². The Kier molecular flexibility index (Phi) is 22.8. The molecule has 11 atom stereocenters. The van der Waals surface area contributed by atoms with Gasteiger partial charge in [0.15, 0.2) is 0 Å². The predicted octanol–water partition coefficient (Wildman–Crippen LogP) is -0.0364. The summed E-state index contributed by atoms with van der Waals surface area (Å²) in [6, 6.07) is 9.81. The number of amides is 7. The lowest BCUT2D eigenvalue weighted by Crippen LogP contribution is -2.63. The zero-order valence-corrected chi connectivity index (χ0v) is 44.8. The number of rotatable bonds is 19. The molecule has 3 aromatic carbocycles. The van der Waals surface area contributed by atoms with E-state index in [1.807, 2.05) is 31.2 Å². The molecule has 0 spiro atoms. The summed E-state index contributed by atoms with van der Waals surface area (Å²) in [6.45, 7) is 4.70. The van der Waals surface area contributed by atoms with Crippen molar-refractivity contribution in [1.82, 2.24) is 41.7 Å². The number of aromatic hydroxyl groups is 1. The van der Waals surface area contributed by atoms with E-state index < -0.39 is 115 Å². The predicted molar refractivity (Wildman–Crippen MR) is 288 cm³/mol. The molecule has 3 saturated heterocycles. The van der Waals surface area contributed by atoms with Gasteiger partial charge in [-0.15, -0.1) is 0 Å². The number of carbonyl (C=O) groups is 7. The second-order valence-electron chi connectivity index (χ2n) is 20.8. The van der Waals surface area contributed by atoms with Gasteiger partial charge in [-0.3, -0.25) is 33.6 Å². The van der Waals surface area contributed by atoms with E-state index in [2.05, 4.69) is 38.8 Å². The van der Waals surface area contributed by atoms with Crippen LogP contribution in [0.4, 0.5) is 0 Å². The van der Waals surface area contributed by atoms with E-state index in [4.69, 9.17) is 10.5 Å². The van der Waals surface area contributed by atoms with Crippen LogP contribution in [0, 0.1) is 5.92 Å². The molecule has 3 aliphatic rings. The highest BCUT2D eigenvalue weighted by Gasteiger charge is 2.46. The fourth-order valence-electron chi connectivity index (χ4n) is 10.1. The number of nitrogens with one attached hydrogen (secondary N) is 6. The molecule has 0 bridgehead atoms. The summed E-state index contributed by atoms with van der Waals surface area (Å²) < 4.78 is 5.95. The minimum absolute atomic E-state index is 0.0654. The standard InChI is InChI=1S/C56H79N9O13/c1-4-5-6-7-8-9-24-78-42-20-16-37(17-21-42)36-12-14-38(15-13-36)50(71)60-43-27-39(58-23-22-57)29-59-52(73)45-25-33(2)30-64(45)55(76)44(32-66)61-54(75)49(47(70)26-35-10-18-40(68)19-11-35)63-53(74)46-28-41(69)31-65(46)56(77)48(34(3)67)62-51(43)72/h10-21,33-34,39,41,43-49,58,66-70H,4-9,22-32,57H2,1-3H3,(H,59,73)(H,60,71)(H,61,75)(H,62,72)(H,63,74)/t33-,34-,39?,41-,43+,44?,45+,46?,47-,48+,49?/m1/s1. The number of nitrogens with zero attached hydrogens (tertiary/aromatic N) is 2. The van der Waals surface area contributed by atoms with Gasteiger partial charge in [-0.25, -0.2) is 0 Å². The molecule has 0 radical (unpaired) electrons. The molecule has 3 aliphatic heterocycles. The SMILES string of the molecule is CCCCCCCCOc1ccc(-c2ccc(C(=O)N[C@H]3CC(NCCN)CNC(=O)[C@@H]4C[C@@H](C)CN4C(=O)C(CO)NC(=O)C([C@H](O)Cc4ccc(O)cc4)NC(=O)C4C[C@@H](O)CN4C(=O)[C@H]([C@@H](C)O)NC3=O)cc2)cc1. The van der Waals surface area contributed by atoms with E-state index >= 15 is 0 Å². The molecule has 4 unspecified atom stereocenters.